The molecule has 0 radical (unpaired) electrons. The Morgan fingerprint density at radius 3 is 2.03 bits per heavy atom. The molecule has 4 heteroatoms. The smallest absolute Gasteiger partial charge is 0.251 e. The van der Waals surface area contributed by atoms with Gasteiger partial charge in [0.15, 0.2) is 0 Å². The van der Waals surface area contributed by atoms with Gasteiger partial charge < -0.3 is 5.32 Å². The molecular formula is C28H23N3O. The molecule has 1 N–H and O–H groups in total. The molecule has 0 atom stereocenters. The predicted octanol–water partition coefficient (Wildman–Crippen LogP) is 5.83. The number of pyridine rings is 1. The number of nitriles is 1. The number of hydrogen-bond donors (Lipinski definition) is 1. The van der Waals surface area contributed by atoms with E-state index in [1.54, 1.807) is 18.3 Å². The number of benzene rings is 3. The molecule has 1 aromatic heterocycles. The van der Waals surface area contributed by atoms with Crippen molar-refractivity contribution in [3.05, 3.63) is 113 Å². The predicted molar refractivity (Wildman–Crippen MR) is 127 cm³/mol. The standard InChI is InChI=1S/C28H23N3O/c1-19-3-9-23(10-4-19)25-13-26(24-11-7-21(16-29)8-12-24)15-27(14-25)28(32)31-18-22-6-5-20(2)30-17-22/h3-15,17H,18H2,1-2H3,(H,31,32). The lowest BCUT2D eigenvalue weighted by molar-refractivity contribution is 0.0951. The number of carbonyl (C=O) groups excluding carboxylic acids is 1. The molecule has 0 bridgehead atoms. The van der Waals surface area contributed by atoms with E-state index in [0.717, 1.165) is 33.5 Å². The van der Waals surface area contributed by atoms with E-state index in [9.17, 15) is 4.79 Å². The van der Waals surface area contributed by atoms with Crippen LogP contribution in [-0.4, -0.2) is 10.9 Å². The first kappa shape index (κ1) is 21.0. The number of hydrogen-bond acceptors (Lipinski definition) is 3. The maximum absolute atomic E-state index is 13.0. The van der Waals surface area contributed by atoms with E-state index in [1.807, 2.05) is 43.3 Å². The van der Waals surface area contributed by atoms with Crippen molar-refractivity contribution in [3.63, 3.8) is 0 Å². The molecule has 0 aliphatic rings. The maximum Gasteiger partial charge on any atom is 0.251 e. The highest BCUT2D eigenvalue weighted by molar-refractivity contribution is 5.97. The molecule has 4 nitrogen and oxygen atoms in total. The first-order valence-corrected chi connectivity index (χ1v) is 10.4. The van der Waals surface area contributed by atoms with E-state index in [-0.39, 0.29) is 5.91 Å². The van der Waals surface area contributed by atoms with Crippen LogP contribution in [0.25, 0.3) is 22.3 Å². The zero-order valence-corrected chi connectivity index (χ0v) is 18.1. The first-order valence-electron chi connectivity index (χ1n) is 10.4. The summed E-state index contributed by atoms with van der Waals surface area (Å²) in [5.74, 6) is -0.144. The van der Waals surface area contributed by atoms with Crippen molar-refractivity contribution in [3.8, 4) is 28.3 Å². The van der Waals surface area contributed by atoms with Gasteiger partial charge in [-0.25, -0.2) is 0 Å². The number of carbonyl (C=O) groups is 1. The molecule has 0 saturated heterocycles. The SMILES string of the molecule is Cc1ccc(-c2cc(C(=O)NCc3ccc(C)nc3)cc(-c3ccc(C#N)cc3)c2)cc1. The van der Waals surface area contributed by atoms with Gasteiger partial charge in [0, 0.05) is 24.0 Å². The van der Waals surface area contributed by atoms with Gasteiger partial charge in [0.1, 0.15) is 0 Å². The van der Waals surface area contributed by atoms with Crippen LogP contribution in [0.4, 0.5) is 0 Å². The minimum atomic E-state index is -0.144. The fourth-order valence-electron chi connectivity index (χ4n) is 3.46. The molecule has 3 aromatic carbocycles. The number of amides is 1. The summed E-state index contributed by atoms with van der Waals surface area (Å²) in [7, 11) is 0. The molecule has 1 amide bonds. The summed E-state index contributed by atoms with van der Waals surface area (Å²) in [5.41, 5.74) is 8.16. The van der Waals surface area contributed by atoms with E-state index in [1.165, 1.54) is 5.56 Å². The minimum absolute atomic E-state index is 0.144. The summed E-state index contributed by atoms with van der Waals surface area (Å²) in [6.45, 7) is 4.40. The minimum Gasteiger partial charge on any atom is -0.348 e. The van der Waals surface area contributed by atoms with Gasteiger partial charge in [0.05, 0.1) is 11.6 Å². The van der Waals surface area contributed by atoms with Gasteiger partial charge in [-0.3, -0.25) is 9.78 Å². The molecule has 0 saturated carbocycles. The second-order valence-corrected chi connectivity index (χ2v) is 7.84. The topological polar surface area (TPSA) is 65.8 Å². The summed E-state index contributed by atoms with van der Waals surface area (Å²) in [6, 6.07) is 27.6. The largest absolute Gasteiger partial charge is 0.348 e. The van der Waals surface area contributed by atoms with Gasteiger partial charge in [0.25, 0.3) is 5.91 Å². The Balaban J connectivity index is 1.68. The van der Waals surface area contributed by atoms with Crippen LogP contribution in [0.2, 0.25) is 0 Å². The van der Waals surface area contributed by atoms with Crippen molar-refractivity contribution in [1.82, 2.24) is 10.3 Å². The normalized spacial score (nSPS) is 10.4. The molecule has 4 aromatic rings. The molecule has 0 spiro atoms. The number of aromatic nitrogens is 1. The van der Waals surface area contributed by atoms with E-state index in [0.29, 0.717) is 17.7 Å². The Bertz CT molecular complexity index is 1280. The third-order valence-electron chi connectivity index (χ3n) is 5.35. The van der Waals surface area contributed by atoms with Crippen molar-refractivity contribution in [2.24, 2.45) is 0 Å². The van der Waals surface area contributed by atoms with Gasteiger partial charge in [-0.15, -0.1) is 0 Å². The van der Waals surface area contributed by atoms with Crippen molar-refractivity contribution in [2.75, 3.05) is 0 Å². The molecule has 1 heterocycles. The highest BCUT2D eigenvalue weighted by Gasteiger charge is 2.12. The molecule has 156 valence electrons. The van der Waals surface area contributed by atoms with Crippen molar-refractivity contribution < 1.29 is 4.79 Å². The highest BCUT2D eigenvalue weighted by Crippen LogP contribution is 2.29. The van der Waals surface area contributed by atoms with E-state index in [2.05, 4.69) is 53.6 Å². The zero-order valence-electron chi connectivity index (χ0n) is 18.1. The molecule has 4 rings (SSSR count). The number of aryl methyl sites for hydroxylation is 2. The van der Waals surface area contributed by atoms with Crippen LogP contribution < -0.4 is 5.32 Å². The second kappa shape index (κ2) is 9.28. The van der Waals surface area contributed by atoms with Crippen LogP contribution in [0.5, 0.6) is 0 Å². The lowest BCUT2D eigenvalue weighted by Gasteiger charge is -2.12. The van der Waals surface area contributed by atoms with Crippen LogP contribution in [0, 0.1) is 25.2 Å². The summed E-state index contributed by atoms with van der Waals surface area (Å²) < 4.78 is 0. The Hall–Kier alpha value is -4.23. The van der Waals surface area contributed by atoms with Crippen LogP contribution in [0.1, 0.15) is 32.7 Å². The van der Waals surface area contributed by atoms with Crippen LogP contribution >= 0.6 is 0 Å². The Labute approximate surface area is 188 Å². The summed E-state index contributed by atoms with van der Waals surface area (Å²) in [6.07, 6.45) is 1.78. The van der Waals surface area contributed by atoms with Crippen molar-refractivity contribution in [1.29, 1.82) is 5.26 Å². The van der Waals surface area contributed by atoms with Gasteiger partial charge >= 0.3 is 0 Å². The Morgan fingerprint density at radius 2 is 1.47 bits per heavy atom. The number of rotatable bonds is 5. The van der Waals surface area contributed by atoms with E-state index < -0.39 is 0 Å². The Kier molecular flexibility index (Phi) is 6.10. The Morgan fingerprint density at radius 1 is 0.844 bits per heavy atom. The van der Waals surface area contributed by atoms with E-state index >= 15 is 0 Å². The van der Waals surface area contributed by atoms with E-state index in [4.69, 9.17) is 5.26 Å². The van der Waals surface area contributed by atoms with Crippen molar-refractivity contribution >= 4 is 5.91 Å². The fraction of sp³-hybridized carbons (Fsp3) is 0.107. The third kappa shape index (κ3) is 4.91. The molecular weight excluding hydrogens is 394 g/mol. The fourth-order valence-corrected chi connectivity index (χ4v) is 3.46. The molecule has 32 heavy (non-hydrogen) atoms. The second-order valence-electron chi connectivity index (χ2n) is 7.84. The van der Waals surface area contributed by atoms with Crippen molar-refractivity contribution in [2.45, 2.75) is 20.4 Å². The van der Waals surface area contributed by atoms with Crippen LogP contribution in [0.3, 0.4) is 0 Å². The average molecular weight is 418 g/mol. The molecule has 0 unspecified atom stereocenters. The lowest BCUT2D eigenvalue weighted by Crippen LogP contribution is -2.23. The summed E-state index contributed by atoms with van der Waals surface area (Å²) in [5, 5.41) is 12.1. The number of nitrogens with zero attached hydrogens (tertiary/aromatic N) is 2. The average Bonchev–Trinajstić information content (AvgIpc) is 2.83. The third-order valence-corrected chi connectivity index (χ3v) is 5.35. The van der Waals surface area contributed by atoms with Crippen LogP contribution in [-0.2, 0) is 6.54 Å². The molecule has 0 aliphatic carbocycles. The van der Waals surface area contributed by atoms with Gasteiger partial charge in [-0.05, 0) is 78.1 Å². The van der Waals surface area contributed by atoms with Gasteiger partial charge in [-0.1, -0.05) is 48.0 Å². The monoisotopic (exact) mass is 417 g/mol. The zero-order chi connectivity index (χ0) is 22.5. The molecule has 0 fully saturated rings. The molecule has 0 aliphatic heterocycles. The summed E-state index contributed by atoms with van der Waals surface area (Å²) in [4.78, 5) is 17.3. The van der Waals surface area contributed by atoms with Crippen LogP contribution in [0.15, 0.2) is 85.1 Å². The highest BCUT2D eigenvalue weighted by atomic mass is 16.1. The lowest BCUT2D eigenvalue weighted by atomic mass is 9.95. The number of nitrogens with one attached hydrogen (secondary N) is 1. The maximum atomic E-state index is 13.0. The first-order chi connectivity index (χ1) is 15.5. The quantitative estimate of drug-likeness (QED) is 0.444. The van der Waals surface area contributed by atoms with Gasteiger partial charge in [-0.2, -0.15) is 5.26 Å². The summed E-state index contributed by atoms with van der Waals surface area (Å²) >= 11 is 0. The van der Waals surface area contributed by atoms with Gasteiger partial charge in [0.2, 0.25) is 0 Å².